The van der Waals surface area contributed by atoms with Crippen LogP contribution in [0.3, 0.4) is 0 Å². The smallest absolute Gasteiger partial charge is 0.226 e. The largest absolute Gasteiger partial charge is 0.339 e. The summed E-state index contributed by atoms with van der Waals surface area (Å²) in [5.74, 6) is 2.13. The van der Waals surface area contributed by atoms with Gasteiger partial charge < -0.3 is 10.3 Å². The molecule has 2 heterocycles. The molecule has 90 valence electrons. The third-order valence-electron chi connectivity index (χ3n) is 3.28. The topological polar surface area (TPSA) is 68.2 Å². The molecular weight excluding hydrogens is 204 g/mol. The average molecular weight is 224 g/mol. The van der Waals surface area contributed by atoms with Gasteiger partial charge in [-0.05, 0) is 25.8 Å². The Morgan fingerprint density at radius 2 is 2.38 bits per heavy atom. The number of nitrogens with two attached hydrogens (primary N) is 1. The van der Waals surface area contributed by atoms with Crippen molar-refractivity contribution >= 4 is 0 Å². The van der Waals surface area contributed by atoms with Crippen LogP contribution in [0.25, 0.3) is 0 Å². The minimum absolute atomic E-state index is 0.567. The van der Waals surface area contributed by atoms with E-state index in [-0.39, 0.29) is 0 Å². The van der Waals surface area contributed by atoms with Crippen molar-refractivity contribution in [1.82, 2.24) is 15.0 Å². The van der Waals surface area contributed by atoms with E-state index in [1.54, 1.807) is 0 Å². The summed E-state index contributed by atoms with van der Waals surface area (Å²) < 4.78 is 5.10. The zero-order valence-corrected chi connectivity index (χ0v) is 10.0. The van der Waals surface area contributed by atoms with E-state index in [4.69, 9.17) is 10.3 Å². The first-order chi connectivity index (χ1) is 7.72. The van der Waals surface area contributed by atoms with E-state index in [0.717, 1.165) is 37.8 Å². The summed E-state index contributed by atoms with van der Waals surface area (Å²) in [6.45, 7) is 6.85. The lowest BCUT2D eigenvalue weighted by molar-refractivity contribution is 0.245. The summed E-state index contributed by atoms with van der Waals surface area (Å²) in [5, 5.41) is 3.98. The molecule has 0 spiro atoms. The van der Waals surface area contributed by atoms with Gasteiger partial charge in [0.25, 0.3) is 0 Å². The van der Waals surface area contributed by atoms with Crippen molar-refractivity contribution in [3.8, 4) is 0 Å². The monoisotopic (exact) mass is 224 g/mol. The molecule has 5 nitrogen and oxygen atoms in total. The Morgan fingerprint density at radius 1 is 1.56 bits per heavy atom. The minimum atomic E-state index is 0.567. The third kappa shape index (κ3) is 2.41. The van der Waals surface area contributed by atoms with Gasteiger partial charge in [-0.2, -0.15) is 4.98 Å². The lowest BCUT2D eigenvalue weighted by Gasteiger charge is -2.18. The first-order valence-corrected chi connectivity index (χ1v) is 5.98. The van der Waals surface area contributed by atoms with Gasteiger partial charge in [0, 0.05) is 19.0 Å². The van der Waals surface area contributed by atoms with E-state index < -0.39 is 0 Å². The molecule has 1 aromatic rings. The van der Waals surface area contributed by atoms with E-state index >= 15 is 0 Å². The van der Waals surface area contributed by atoms with Gasteiger partial charge in [-0.1, -0.05) is 12.1 Å². The van der Waals surface area contributed by atoms with Crippen molar-refractivity contribution in [1.29, 1.82) is 0 Å². The molecule has 1 aromatic heterocycles. The normalized spacial score (nSPS) is 26.4. The van der Waals surface area contributed by atoms with Crippen LogP contribution in [-0.4, -0.2) is 34.2 Å². The molecule has 0 amide bonds. The average Bonchev–Trinajstić information content (AvgIpc) is 2.87. The van der Waals surface area contributed by atoms with Crippen LogP contribution in [-0.2, 0) is 13.0 Å². The molecule has 16 heavy (non-hydrogen) atoms. The van der Waals surface area contributed by atoms with Crippen LogP contribution in [0.1, 0.15) is 32.0 Å². The molecule has 1 saturated heterocycles. The number of hydrogen-bond acceptors (Lipinski definition) is 5. The number of nitrogens with zero attached hydrogens (tertiary/aromatic N) is 3. The molecule has 0 radical (unpaired) electrons. The van der Waals surface area contributed by atoms with Crippen molar-refractivity contribution < 1.29 is 4.52 Å². The fourth-order valence-corrected chi connectivity index (χ4v) is 2.29. The van der Waals surface area contributed by atoms with Gasteiger partial charge in [0.1, 0.15) is 0 Å². The van der Waals surface area contributed by atoms with Crippen molar-refractivity contribution in [2.75, 3.05) is 13.1 Å². The Labute approximate surface area is 96.0 Å². The summed E-state index contributed by atoms with van der Waals surface area (Å²) in [6.07, 6.45) is 1.98. The Morgan fingerprint density at radius 3 is 2.94 bits per heavy atom. The zero-order chi connectivity index (χ0) is 11.5. The van der Waals surface area contributed by atoms with Crippen LogP contribution >= 0.6 is 0 Å². The lowest BCUT2D eigenvalue weighted by atomic mass is 10.1. The fraction of sp³-hybridized carbons (Fsp3) is 0.818. The molecule has 5 heteroatoms. The SMILES string of the molecule is CCc1nc(CN2CC(CN)CC2C)no1. The predicted octanol–water partition coefficient (Wildman–Crippen LogP) is 0.801. The lowest BCUT2D eigenvalue weighted by Crippen LogP contribution is -2.27. The molecular formula is C11H20N4O. The number of rotatable bonds is 4. The standard InChI is InChI=1S/C11H20N4O/c1-3-11-13-10(14-16-11)7-15-6-9(5-12)4-8(15)2/h8-9H,3-7,12H2,1-2H3. The summed E-state index contributed by atoms with van der Waals surface area (Å²) in [7, 11) is 0. The predicted molar refractivity (Wildman–Crippen MR) is 60.7 cm³/mol. The second kappa shape index (κ2) is 4.93. The van der Waals surface area contributed by atoms with Crippen LogP contribution in [0.4, 0.5) is 0 Å². The van der Waals surface area contributed by atoms with Crippen molar-refractivity contribution in [3.63, 3.8) is 0 Å². The van der Waals surface area contributed by atoms with Gasteiger partial charge in [0.2, 0.25) is 5.89 Å². The third-order valence-corrected chi connectivity index (χ3v) is 3.28. The Balaban J connectivity index is 1.94. The highest BCUT2D eigenvalue weighted by Gasteiger charge is 2.28. The zero-order valence-electron chi connectivity index (χ0n) is 10.0. The molecule has 1 fully saturated rings. The van der Waals surface area contributed by atoms with Crippen molar-refractivity contribution in [2.24, 2.45) is 11.7 Å². The molecule has 2 atom stereocenters. The van der Waals surface area contributed by atoms with Gasteiger partial charge in [-0.3, -0.25) is 4.90 Å². The van der Waals surface area contributed by atoms with Gasteiger partial charge in [0.05, 0.1) is 6.54 Å². The molecule has 1 aliphatic heterocycles. The van der Waals surface area contributed by atoms with Crippen LogP contribution in [0.2, 0.25) is 0 Å². The molecule has 0 aliphatic carbocycles. The summed E-state index contributed by atoms with van der Waals surface area (Å²) in [6, 6.07) is 0.567. The van der Waals surface area contributed by atoms with Crippen LogP contribution < -0.4 is 5.73 Å². The molecule has 0 saturated carbocycles. The first kappa shape index (κ1) is 11.5. The molecule has 1 aliphatic rings. The fourth-order valence-electron chi connectivity index (χ4n) is 2.29. The summed E-state index contributed by atoms with van der Waals surface area (Å²) in [4.78, 5) is 6.70. The Kier molecular flexibility index (Phi) is 3.56. The molecule has 0 bridgehead atoms. The Bertz CT molecular complexity index is 338. The van der Waals surface area contributed by atoms with E-state index in [0.29, 0.717) is 12.0 Å². The molecule has 2 rings (SSSR count). The van der Waals surface area contributed by atoms with Crippen LogP contribution in [0.5, 0.6) is 0 Å². The molecule has 2 N–H and O–H groups in total. The quantitative estimate of drug-likeness (QED) is 0.819. The van der Waals surface area contributed by atoms with Crippen molar-refractivity contribution in [3.05, 3.63) is 11.7 Å². The van der Waals surface area contributed by atoms with Gasteiger partial charge in [0.15, 0.2) is 5.82 Å². The Hall–Kier alpha value is -0.940. The second-order valence-electron chi connectivity index (χ2n) is 4.57. The minimum Gasteiger partial charge on any atom is -0.339 e. The molecule has 2 unspecified atom stereocenters. The van der Waals surface area contributed by atoms with E-state index in [9.17, 15) is 0 Å². The molecule has 0 aromatic carbocycles. The number of aryl methyl sites for hydroxylation is 1. The van der Waals surface area contributed by atoms with E-state index in [1.807, 2.05) is 6.92 Å². The first-order valence-electron chi connectivity index (χ1n) is 5.98. The van der Waals surface area contributed by atoms with Gasteiger partial charge in [-0.15, -0.1) is 0 Å². The van der Waals surface area contributed by atoms with Gasteiger partial charge in [-0.25, -0.2) is 0 Å². The highest BCUT2D eigenvalue weighted by atomic mass is 16.5. The maximum atomic E-state index is 5.70. The number of aromatic nitrogens is 2. The highest BCUT2D eigenvalue weighted by Crippen LogP contribution is 2.23. The van der Waals surface area contributed by atoms with Crippen LogP contribution in [0.15, 0.2) is 4.52 Å². The van der Waals surface area contributed by atoms with Gasteiger partial charge >= 0.3 is 0 Å². The maximum absolute atomic E-state index is 5.70. The highest BCUT2D eigenvalue weighted by molar-refractivity contribution is 4.90. The van der Waals surface area contributed by atoms with Crippen molar-refractivity contribution in [2.45, 2.75) is 39.3 Å². The summed E-state index contributed by atoms with van der Waals surface area (Å²) >= 11 is 0. The summed E-state index contributed by atoms with van der Waals surface area (Å²) in [5.41, 5.74) is 5.70. The second-order valence-corrected chi connectivity index (χ2v) is 4.57. The van der Waals surface area contributed by atoms with E-state index in [2.05, 4.69) is 22.0 Å². The number of hydrogen-bond donors (Lipinski definition) is 1. The van der Waals surface area contributed by atoms with E-state index in [1.165, 1.54) is 6.42 Å². The number of likely N-dealkylation sites (tertiary alicyclic amines) is 1. The van der Waals surface area contributed by atoms with Crippen LogP contribution in [0, 0.1) is 5.92 Å². The maximum Gasteiger partial charge on any atom is 0.226 e.